The van der Waals surface area contributed by atoms with E-state index in [0.29, 0.717) is 0 Å². The van der Waals surface area contributed by atoms with Crippen molar-refractivity contribution in [3.05, 3.63) is 29.3 Å². The molecule has 0 amide bonds. The molecule has 1 saturated heterocycles. The van der Waals surface area contributed by atoms with Crippen LogP contribution >= 0.6 is 0 Å². The molecule has 1 saturated carbocycles. The Balaban J connectivity index is 1.59. The maximum absolute atomic E-state index is 5.67. The Hall–Kier alpha value is -1.06. The van der Waals surface area contributed by atoms with Gasteiger partial charge in [0, 0.05) is 37.9 Å². The highest BCUT2D eigenvalue weighted by Crippen LogP contribution is 2.26. The van der Waals surface area contributed by atoms with Gasteiger partial charge in [0.1, 0.15) is 0 Å². The second-order valence-corrected chi connectivity index (χ2v) is 6.61. The third-order valence-corrected chi connectivity index (χ3v) is 5.26. The normalized spacial score (nSPS) is 21.1. The fraction of sp³-hybridized carbons (Fsp3) is 0.667. The SMILES string of the molecule is Cc1cc(N2CCN(C3CCCC3)CC2)ccc1CCN. The maximum atomic E-state index is 5.67. The van der Waals surface area contributed by atoms with E-state index in [1.165, 1.54) is 68.7 Å². The van der Waals surface area contributed by atoms with Crippen LogP contribution in [0.3, 0.4) is 0 Å². The van der Waals surface area contributed by atoms with Crippen molar-refractivity contribution in [3.8, 4) is 0 Å². The van der Waals surface area contributed by atoms with Gasteiger partial charge in [-0.25, -0.2) is 0 Å². The van der Waals surface area contributed by atoms with Crippen LogP contribution in [0.1, 0.15) is 36.8 Å². The summed E-state index contributed by atoms with van der Waals surface area (Å²) in [5.41, 5.74) is 9.84. The first kappa shape index (κ1) is 14.9. The van der Waals surface area contributed by atoms with Crippen molar-refractivity contribution in [3.63, 3.8) is 0 Å². The summed E-state index contributed by atoms with van der Waals surface area (Å²) in [4.78, 5) is 5.27. The van der Waals surface area contributed by atoms with Crippen molar-refractivity contribution in [2.24, 2.45) is 5.73 Å². The zero-order valence-electron chi connectivity index (χ0n) is 13.4. The molecule has 1 heterocycles. The van der Waals surface area contributed by atoms with Gasteiger partial charge in [0.2, 0.25) is 0 Å². The summed E-state index contributed by atoms with van der Waals surface area (Å²) in [6, 6.07) is 7.76. The third kappa shape index (κ3) is 3.41. The van der Waals surface area contributed by atoms with Crippen LogP contribution < -0.4 is 10.6 Å². The molecule has 0 spiro atoms. The molecule has 1 aliphatic carbocycles. The van der Waals surface area contributed by atoms with Crippen LogP contribution in [-0.2, 0) is 6.42 Å². The monoisotopic (exact) mass is 287 g/mol. The summed E-state index contributed by atoms with van der Waals surface area (Å²) < 4.78 is 0. The second kappa shape index (κ2) is 6.80. The molecule has 0 radical (unpaired) electrons. The molecule has 1 aromatic carbocycles. The van der Waals surface area contributed by atoms with Crippen LogP contribution in [0.5, 0.6) is 0 Å². The van der Waals surface area contributed by atoms with E-state index in [-0.39, 0.29) is 0 Å². The number of aryl methyl sites for hydroxylation is 1. The smallest absolute Gasteiger partial charge is 0.0369 e. The molecule has 0 bridgehead atoms. The quantitative estimate of drug-likeness (QED) is 0.924. The molecular weight excluding hydrogens is 258 g/mol. The molecule has 2 fully saturated rings. The number of piperazine rings is 1. The van der Waals surface area contributed by atoms with E-state index < -0.39 is 0 Å². The van der Waals surface area contributed by atoms with Crippen LogP contribution in [0.25, 0.3) is 0 Å². The standard InChI is InChI=1S/C18H29N3/c1-15-14-18(7-6-16(15)8-9-19)21-12-10-20(11-13-21)17-4-2-3-5-17/h6-7,14,17H,2-5,8-13,19H2,1H3. The van der Waals surface area contributed by atoms with E-state index in [0.717, 1.165) is 19.0 Å². The highest BCUT2D eigenvalue weighted by atomic mass is 15.3. The summed E-state index contributed by atoms with van der Waals surface area (Å²) >= 11 is 0. The van der Waals surface area contributed by atoms with Gasteiger partial charge in [-0.2, -0.15) is 0 Å². The Kier molecular flexibility index (Phi) is 4.81. The van der Waals surface area contributed by atoms with E-state index in [4.69, 9.17) is 5.73 Å². The minimum absolute atomic E-state index is 0.736. The Morgan fingerprint density at radius 1 is 1.10 bits per heavy atom. The zero-order valence-corrected chi connectivity index (χ0v) is 13.4. The lowest BCUT2D eigenvalue weighted by molar-refractivity contribution is 0.187. The van der Waals surface area contributed by atoms with E-state index in [1.54, 1.807) is 0 Å². The van der Waals surface area contributed by atoms with Crippen LogP contribution in [0.2, 0.25) is 0 Å². The van der Waals surface area contributed by atoms with Crippen molar-refractivity contribution in [1.29, 1.82) is 0 Å². The van der Waals surface area contributed by atoms with Gasteiger partial charge in [-0.05, 0) is 56.0 Å². The van der Waals surface area contributed by atoms with Crippen molar-refractivity contribution in [1.82, 2.24) is 4.90 Å². The van der Waals surface area contributed by atoms with Crippen LogP contribution in [0, 0.1) is 6.92 Å². The average molecular weight is 287 g/mol. The van der Waals surface area contributed by atoms with Crippen LogP contribution in [0.4, 0.5) is 5.69 Å². The molecule has 1 aliphatic heterocycles. The lowest BCUT2D eigenvalue weighted by Gasteiger charge is -2.39. The molecule has 2 N–H and O–H groups in total. The maximum Gasteiger partial charge on any atom is 0.0369 e. The molecule has 3 heteroatoms. The number of hydrogen-bond donors (Lipinski definition) is 1. The number of anilines is 1. The molecule has 3 nitrogen and oxygen atoms in total. The second-order valence-electron chi connectivity index (χ2n) is 6.61. The topological polar surface area (TPSA) is 32.5 Å². The van der Waals surface area contributed by atoms with Gasteiger partial charge in [0.15, 0.2) is 0 Å². The summed E-state index contributed by atoms with van der Waals surface area (Å²) in [5.74, 6) is 0. The molecule has 116 valence electrons. The van der Waals surface area contributed by atoms with Crippen LogP contribution in [-0.4, -0.2) is 43.7 Å². The number of hydrogen-bond acceptors (Lipinski definition) is 3. The average Bonchev–Trinajstić information content (AvgIpc) is 3.04. The molecule has 0 aromatic heterocycles. The zero-order chi connectivity index (χ0) is 14.7. The number of nitrogens with zero attached hydrogens (tertiary/aromatic N) is 2. The van der Waals surface area contributed by atoms with Crippen LogP contribution in [0.15, 0.2) is 18.2 Å². The van der Waals surface area contributed by atoms with Gasteiger partial charge < -0.3 is 10.6 Å². The third-order valence-electron chi connectivity index (χ3n) is 5.26. The first-order valence-electron chi connectivity index (χ1n) is 8.56. The lowest BCUT2D eigenvalue weighted by atomic mass is 10.0. The van der Waals surface area contributed by atoms with Gasteiger partial charge in [-0.1, -0.05) is 18.9 Å². The van der Waals surface area contributed by atoms with Gasteiger partial charge >= 0.3 is 0 Å². The van der Waals surface area contributed by atoms with Crippen molar-refractivity contribution >= 4 is 5.69 Å². The fourth-order valence-electron chi connectivity index (χ4n) is 3.93. The Labute approximate surface area is 129 Å². The first-order chi connectivity index (χ1) is 10.3. The van der Waals surface area contributed by atoms with Crippen molar-refractivity contribution in [2.75, 3.05) is 37.6 Å². The minimum atomic E-state index is 0.736. The number of benzene rings is 1. The van der Waals surface area contributed by atoms with Gasteiger partial charge in [0.05, 0.1) is 0 Å². The molecule has 0 unspecified atom stereocenters. The van der Waals surface area contributed by atoms with E-state index in [1.807, 2.05) is 0 Å². The highest BCUT2D eigenvalue weighted by molar-refractivity contribution is 5.51. The molecule has 3 rings (SSSR count). The lowest BCUT2D eigenvalue weighted by Crippen LogP contribution is -2.49. The Morgan fingerprint density at radius 2 is 1.81 bits per heavy atom. The van der Waals surface area contributed by atoms with Gasteiger partial charge in [-0.15, -0.1) is 0 Å². The predicted molar refractivity (Wildman–Crippen MR) is 90.0 cm³/mol. The van der Waals surface area contributed by atoms with E-state index >= 15 is 0 Å². The molecular formula is C18H29N3. The molecule has 1 aromatic rings. The molecule has 2 aliphatic rings. The minimum Gasteiger partial charge on any atom is -0.369 e. The van der Waals surface area contributed by atoms with Gasteiger partial charge in [0.25, 0.3) is 0 Å². The van der Waals surface area contributed by atoms with Crippen molar-refractivity contribution in [2.45, 2.75) is 45.1 Å². The summed E-state index contributed by atoms with van der Waals surface area (Å²) in [7, 11) is 0. The summed E-state index contributed by atoms with van der Waals surface area (Å²) in [6.45, 7) is 7.75. The van der Waals surface area contributed by atoms with Crippen molar-refractivity contribution < 1.29 is 0 Å². The molecule has 0 atom stereocenters. The fourth-order valence-corrected chi connectivity index (χ4v) is 3.93. The first-order valence-corrected chi connectivity index (χ1v) is 8.56. The van der Waals surface area contributed by atoms with Gasteiger partial charge in [-0.3, -0.25) is 4.90 Å². The largest absolute Gasteiger partial charge is 0.369 e. The number of rotatable bonds is 4. The number of nitrogens with two attached hydrogens (primary N) is 1. The summed E-state index contributed by atoms with van der Waals surface area (Å²) in [6.07, 6.45) is 6.71. The highest BCUT2D eigenvalue weighted by Gasteiger charge is 2.26. The van der Waals surface area contributed by atoms with E-state index in [9.17, 15) is 0 Å². The van der Waals surface area contributed by atoms with E-state index in [2.05, 4.69) is 34.9 Å². The Morgan fingerprint density at radius 3 is 2.43 bits per heavy atom. The Bertz CT molecular complexity index is 458. The molecule has 21 heavy (non-hydrogen) atoms. The summed E-state index contributed by atoms with van der Waals surface area (Å²) in [5, 5.41) is 0. The predicted octanol–water partition coefficient (Wildman–Crippen LogP) is 2.56.